The van der Waals surface area contributed by atoms with Crippen LogP contribution in [-0.2, 0) is 26.1 Å². The van der Waals surface area contributed by atoms with Gasteiger partial charge in [-0.25, -0.2) is 13.1 Å². The summed E-state index contributed by atoms with van der Waals surface area (Å²) in [6.07, 6.45) is 0.247. The Morgan fingerprint density at radius 2 is 2.09 bits per heavy atom. The van der Waals surface area contributed by atoms with Gasteiger partial charge in [0.05, 0.1) is 11.5 Å². The van der Waals surface area contributed by atoms with Crippen molar-refractivity contribution in [3.05, 3.63) is 29.8 Å². The highest BCUT2D eigenvalue weighted by Gasteiger charge is 2.13. The SMILES string of the molecule is COCCNS(=O)(=O)c1cccc(CNC(=O)CCN)c1.Cl. The van der Waals surface area contributed by atoms with Crippen LogP contribution in [-0.4, -0.2) is 41.1 Å². The number of amides is 1. The van der Waals surface area contributed by atoms with Crippen LogP contribution in [0.5, 0.6) is 0 Å². The number of sulfonamides is 1. The maximum Gasteiger partial charge on any atom is 0.240 e. The minimum absolute atomic E-state index is 0. The molecule has 0 fully saturated rings. The molecule has 0 aromatic heterocycles. The van der Waals surface area contributed by atoms with Crippen LogP contribution in [0.1, 0.15) is 12.0 Å². The number of hydrogen-bond acceptors (Lipinski definition) is 5. The summed E-state index contributed by atoms with van der Waals surface area (Å²) in [5.41, 5.74) is 5.98. The molecule has 126 valence electrons. The first-order valence-corrected chi connectivity index (χ1v) is 8.02. The Labute approximate surface area is 137 Å². The van der Waals surface area contributed by atoms with Gasteiger partial charge in [0.1, 0.15) is 0 Å². The third kappa shape index (κ3) is 7.19. The average Bonchev–Trinajstić information content (AvgIpc) is 2.46. The summed E-state index contributed by atoms with van der Waals surface area (Å²) in [5, 5.41) is 2.68. The smallest absolute Gasteiger partial charge is 0.240 e. The molecule has 1 aromatic rings. The van der Waals surface area contributed by atoms with Crippen LogP contribution < -0.4 is 15.8 Å². The van der Waals surface area contributed by atoms with Crippen molar-refractivity contribution in [3.63, 3.8) is 0 Å². The Morgan fingerprint density at radius 1 is 1.36 bits per heavy atom. The van der Waals surface area contributed by atoms with Gasteiger partial charge in [0.25, 0.3) is 0 Å². The largest absolute Gasteiger partial charge is 0.383 e. The Morgan fingerprint density at radius 3 is 2.73 bits per heavy atom. The molecule has 4 N–H and O–H groups in total. The second-order valence-corrected chi connectivity index (χ2v) is 6.12. The minimum Gasteiger partial charge on any atom is -0.383 e. The summed E-state index contributed by atoms with van der Waals surface area (Å²) >= 11 is 0. The lowest BCUT2D eigenvalue weighted by Crippen LogP contribution is -2.27. The molecule has 9 heteroatoms. The first-order valence-electron chi connectivity index (χ1n) is 6.54. The lowest BCUT2D eigenvalue weighted by Gasteiger charge is -2.09. The predicted octanol–water partition coefficient (Wildman–Crippen LogP) is -0.00190. The van der Waals surface area contributed by atoms with Crippen LogP contribution in [0.4, 0.5) is 0 Å². The molecule has 0 unspecified atom stereocenters. The fraction of sp³-hybridized carbons (Fsp3) is 0.462. The van der Waals surface area contributed by atoms with Gasteiger partial charge < -0.3 is 15.8 Å². The molecule has 0 aliphatic heterocycles. The van der Waals surface area contributed by atoms with Gasteiger partial charge in [-0.05, 0) is 17.7 Å². The van der Waals surface area contributed by atoms with E-state index in [9.17, 15) is 13.2 Å². The zero-order chi connectivity index (χ0) is 15.7. The molecule has 1 amide bonds. The molecule has 1 rings (SSSR count). The van der Waals surface area contributed by atoms with Crippen molar-refractivity contribution in [1.82, 2.24) is 10.0 Å². The van der Waals surface area contributed by atoms with Gasteiger partial charge in [-0.15, -0.1) is 12.4 Å². The number of carbonyl (C=O) groups excluding carboxylic acids is 1. The van der Waals surface area contributed by atoms with Crippen molar-refractivity contribution < 1.29 is 17.9 Å². The van der Waals surface area contributed by atoms with Gasteiger partial charge in [0.15, 0.2) is 0 Å². The number of nitrogens with two attached hydrogens (primary N) is 1. The van der Waals surface area contributed by atoms with Crippen LogP contribution in [0.3, 0.4) is 0 Å². The monoisotopic (exact) mass is 351 g/mol. The highest BCUT2D eigenvalue weighted by Crippen LogP contribution is 2.11. The minimum atomic E-state index is -3.57. The van der Waals surface area contributed by atoms with Gasteiger partial charge in [-0.1, -0.05) is 12.1 Å². The van der Waals surface area contributed by atoms with E-state index in [1.165, 1.54) is 19.2 Å². The molecular weight excluding hydrogens is 330 g/mol. The van der Waals surface area contributed by atoms with Gasteiger partial charge in [0.2, 0.25) is 15.9 Å². The van der Waals surface area contributed by atoms with Crippen LogP contribution in [0.15, 0.2) is 29.2 Å². The van der Waals surface area contributed by atoms with E-state index in [4.69, 9.17) is 10.5 Å². The molecule has 0 heterocycles. The first kappa shape index (κ1) is 20.8. The van der Waals surface area contributed by atoms with E-state index >= 15 is 0 Å². The highest BCUT2D eigenvalue weighted by atomic mass is 35.5. The molecular formula is C13H22ClN3O4S. The fourth-order valence-electron chi connectivity index (χ4n) is 1.60. The topological polar surface area (TPSA) is 111 Å². The number of rotatable bonds is 9. The Balaban J connectivity index is 0.00000441. The molecule has 7 nitrogen and oxygen atoms in total. The summed E-state index contributed by atoms with van der Waals surface area (Å²) in [4.78, 5) is 11.5. The molecule has 0 bridgehead atoms. The number of benzene rings is 1. The fourth-order valence-corrected chi connectivity index (χ4v) is 2.69. The van der Waals surface area contributed by atoms with Gasteiger partial charge >= 0.3 is 0 Å². The van der Waals surface area contributed by atoms with E-state index in [0.29, 0.717) is 12.2 Å². The second-order valence-electron chi connectivity index (χ2n) is 4.35. The summed E-state index contributed by atoms with van der Waals surface area (Å²) < 4.78 is 31.3. The summed E-state index contributed by atoms with van der Waals surface area (Å²) in [7, 11) is -2.07. The standard InChI is InChI=1S/C13H21N3O4S.ClH/c1-20-8-7-16-21(18,19)12-4-2-3-11(9-12)10-15-13(17)5-6-14;/h2-4,9,16H,5-8,10,14H2,1H3,(H,15,17);1H. The number of nitrogens with one attached hydrogen (secondary N) is 2. The van der Waals surface area contributed by atoms with Crippen LogP contribution in [0.2, 0.25) is 0 Å². The van der Waals surface area contributed by atoms with Gasteiger partial charge in [-0.2, -0.15) is 0 Å². The van der Waals surface area contributed by atoms with Gasteiger partial charge in [0, 0.05) is 33.2 Å². The quantitative estimate of drug-likeness (QED) is 0.542. The Bertz CT molecular complexity index is 566. The molecule has 0 spiro atoms. The van der Waals surface area contributed by atoms with Crippen LogP contribution in [0, 0.1) is 0 Å². The lowest BCUT2D eigenvalue weighted by atomic mass is 10.2. The molecule has 0 radical (unpaired) electrons. The summed E-state index contributed by atoms with van der Waals surface area (Å²) in [6.45, 7) is 1.05. The number of hydrogen-bond donors (Lipinski definition) is 3. The number of carbonyl (C=O) groups is 1. The van der Waals surface area contributed by atoms with E-state index in [1.54, 1.807) is 12.1 Å². The van der Waals surface area contributed by atoms with Crippen molar-refractivity contribution in [1.29, 1.82) is 0 Å². The molecule has 0 saturated carbocycles. The number of halogens is 1. The molecule has 1 aromatic carbocycles. The number of ether oxygens (including phenoxy) is 1. The van der Waals surface area contributed by atoms with Crippen LogP contribution in [0.25, 0.3) is 0 Å². The van der Waals surface area contributed by atoms with Crippen LogP contribution >= 0.6 is 12.4 Å². The first-order chi connectivity index (χ1) is 9.99. The van der Waals surface area contributed by atoms with Crippen molar-refractivity contribution in [2.45, 2.75) is 17.9 Å². The molecule has 0 aliphatic carbocycles. The van der Waals surface area contributed by atoms with E-state index in [0.717, 1.165) is 0 Å². The molecule has 22 heavy (non-hydrogen) atoms. The Hall–Kier alpha value is -1.19. The third-order valence-electron chi connectivity index (χ3n) is 2.67. The van der Waals surface area contributed by atoms with Crippen molar-refractivity contribution in [2.75, 3.05) is 26.8 Å². The summed E-state index contributed by atoms with van der Waals surface area (Å²) in [5.74, 6) is -0.163. The second kappa shape index (κ2) is 10.5. The lowest BCUT2D eigenvalue weighted by molar-refractivity contribution is -0.121. The third-order valence-corrected chi connectivity index (χ3v) is 4.13. The Kier molecular flexibility index (Phi) is 9.95. The summed E-state index contributed by atoms with van der Waals surface area (Å²) in [6, 6.07) is 6.41. The van der Waals surface area contributed by atoms with Crippen molar-refractivity contribution >= 4 is 28.3 Å². The zero-order valence-corrected chi connectivity index (χ0v) is 14.0. The van der Waals surface area contributed by atoms with E-state index in [-0.39, 0.29) is 49.3 Å². The predicted molar refractivity (Wildman–Crippen MR) is 86.3 cm³/mol. The molecule has 0 atom stereocenters. The maximum absolute atomic E-state index is 12.0. The molecule has 0 saturated heterocycles. The maximum atomic E-state index is 12.0. The zero-order valence-electron chi connectivity index (χ0n) is 12.4. The highest BCUT2D eigenvalue weighted by molar-refractivity contribution is 7.89. The van der Waals surface area contributed by atoms with E-state index in [1.807, 2.05) is 0 Å². The van der Waals surface area contributed by atoms with Gasteiger partial charge in [-0.3, -0.25) is 4.79 Å². The van der Waals surface area contributed by atoms with E-state index in [2.05, 4.69) is 10.0 Å². The van der Waals surface area contributed by atoms with Crippen molar-refractivity contribution in [2.24, 2.45) is 5.73 Å². The van der Waals surface area contributed by atoms with Crippen molar-refractivity contribution in [3.8, 4) is 0 Å². The number of methoxy groups -OCH3 is 1. The normalized spacial score (nSPS) is 10.8. The molecule has 0 aliphatic rings. The average molecular weight is 352 g/mol. The van der Waals surface area contributed by atoms with E-state index < -0.39 is 10.0 Å².